The standard InChI is InChI=1S/C29H23ClN4O2/c1-3-18(2)33-17-20(22-8-5-7-11-25(22)33)16-31-34-28(32-24-10-6-4-9-23(24)29(34)35)27-15-19-14-21(30)12-13-26(19)36-27/h4-18H,3H2,1-2H3/t18-/m1/s1. The van der Waals surface area contributed by atoms with Gasteiger partial charge in [-0.3, -0.25) is 4.79 Å². The Morgan fingerprint density at radius 1 is 1.06 bits per heavy atom. The van der Waals surface area contributed by atoms with Crippen molar-refractivity contribution in [3.05, 3.63) is 99.9 Å². The van der Waals surface area contributed by atoms with Gasteiger partial charge in [-0.1, -0.05) is 48.9 Å². The van der Waals surface area contributed by atoms with Gasteiger partial charge in [-0.05, 0) is 55.8 Å². The first-order chi connectivity index (χ1) is 17.5. The fourth-order valence-corrected chi connectivity index (χ4v) is 4.71. The number of hydrogen-bond donors (Lipinski definition) is 0. The van der Waals surface area contributed by atoms with Gasteiger partial charge >= 0.3 is 0 Å². The summed E-state index contributed by atoms with van der Waals surface area (Å²) in [5.74, 6) is 0.766. The second kappa shape index (κ2) is 8.81. The monoisotopic (exact) mass is 494 g/mol. The molecular weight excluding hydrogens is 472 g/mol. The molecule has 6 nitrogen and oxygen atoms in total. The van der Waals surface area contributed by atoms with E-state index in [0.717, 1.165) is 28.3 Å². The van der Waals surface area contributed by atoms with Crippen molar-refractivity contribution in [1.29, 1.82) is 0 Å². The molecule has 0 fully saturated rings. The number of fused-ring (bicyclic) bond motifs is 3. The molecule has 1 atom stereocenters. The van der Waals surface area contributed by atoms with Crippen LogP contribution in [0.15, 0.2) is 93.3 Å². The molecule has 3 aromatic heterocycles. The molecule has 178 valence electrons. The van der Waals surface area contributed by atoms with Gasteiger partial charge in [-0.15, -0.1) is 0 Å². The van der Waals surface area contributed by atoms with Crippen molar-refractivity contribution in [3.63, 3.8) is 0 Å². The Bertz CT molecular complexity index is 1840. The van der Waals surface area contributed by atoms with Crippen LogP contribution in [0.4, 0.5) is 0 Å². The Morgan fingerprint density at radius 3 is 2.67 bits per heavy atom. The predicted molar refractivity (Wildman–Crippen MR) is 146 cm³/mol. The zero-order chi connectivity index (χ0) is 24.8. The number of rotatable bonds is 5. The molecule has 0 saturated heterocycles. The molecule has 0 saturated carbocycles. The van der Waals surface area contributed by atoms with E-state index in [9.17, 15) is 4.79 Å². The van der Waals surface area contributed by atoms with E-state index in [2.05, 4.69) is 41.8 Å². The SMILES string of the molecule is CC[C@@H](C)n1cc(C=Nn2c(-c3cc4cc(Cl)ccc4o3)nc3ccccc3c2=O)c2ccccc21. The molecule has 0 bridgehead atoms. The second-order valence-corrected chi connectivity index (χ2v) is 9.31. The van der Waals surface area contributed by atoms with Crippen molar-refractivity contribution in [2.45, 2.75) is 26.3 Å². The second-order valence-electron chi connectivity index (χ2n) is 8.87. The molecule has 0 amide bonds. The first-order valence-corrected chi connectivity index (χ1v) is 12.3. The van der Waals surface area contributed by atoms with Gasteiger partial charge in [0.1, 0.15) is 5.58 Å². The number of hydrogen-bond acceptors (Lipinski definition) is 4. The molecule has 6 aromatic rings. The minimum atomic E-state index is -0.268. The van der Waals surface area contributed by atoms with Gasteiger partial charge in [0.15, 0.2) is 5.76 Å². The van der Waals surface area contributed by atoms with E-state index in [4.69, 9.17) is 21.0 Å². The van der Waals surface area contributed by atoms with Gasteiger partial charge in [-0.25, -0.2) is 4.98 Å². The summed E-state index contributed by atoms with van der Waals surface area (Å²) in [6, 6.07) is 23.0. The molecule has 3 aromatic carbocycles. The Hall–Kier alpha value is -4.16. The van der Waals surface area contributed by atoms with Crippen LogP contribution in [0.25, 0.3) is 44.4 Å². The first-order valence-electron chi connectivity index (χ1n) is 11.9. The zero-order valence-electron chi connectivity index (χ0n) is 19.9. The summed E-state index contributed by atoms with van der Waals surface area (Å²) in [4.78, 5) is 18.3. The summed E-state index contributed by atoms with van der Waals surface area (Å²) in [6.45, 7) is 4.36. The van der Waals surface area contributed by atoms with E-state index in [1.807, 2.05) is 42.5 Å². The molecule has 6 rings (SSSR count). The molecular formula is C29H23ClN4O2. The fraction of sp³-hybridized carbons (Fsp3) is 0.138. The van der Waals surface area contributed by atoms with Gasteiger partial charge < -0.3 is 8.98 Å². The highest BCUT2D eigenvalue weighted by Crippen LogP contribution is 2.29. The normalized spacial score (nSPS) is 12.9. The van der Waals surface area contributed by atoms with Crippen LogP contribution in [-0.2, 0) is 0 Å². The van der Waals surface area contributed by atoms with E-state index in [-0.39, 0.29) is 5.56 Å². The third-order valence-corrected chi connectivity index (χ3v) is 6.84. The van der Waals surface area contributed by atoms with Crippen molar-refractivity contribution in [2.75, 3.05) is 0 Å². The van der Waals surface area contributed by atoms with Gasteiger partial charge in [0.25, 0.3) is 5.56 Å². The number of halogens is 1. The molecule has 0 spiro atoms. The molecule has 0 aliphatic heterocycles. The number of benzene rings is 3. The van der Waals surface area contributed by atoms with Gasteiger partial charge in [-0.2, -0.15) is 9.78 Å². The molecule has 0 N–H and O–H groups in total. The van der Waals surface area contributed by atoms with Crippen molar-refractivity contribution in [1.82, 2.24) is 14.2 Å². The Morgan fingerprint density at radius 2 is 1.83 bits per heavy atom. The lowest BCUT2D eigenvalue weighted by Crippen LogP contribution is -2.20. The summed E-state index contributed by atoms with van der Waals surface area (Å²) < 4.78 is 9.64. The van der Waals surface area contributed by atoms with Gasteiger partial charge in [0, 0.05) is 39.1 Å². The van der Waals surface area contributed by atoms with E-state index in [1.54, 1.807) is 24.4 Å². The molecule has 0 aliphatic rings. The quantitative estimate of drug-likeness (QED) is 0.237. The minimum absolute atomic E-state index is 0.268. The Kier molecular flexibility index (Phi) is 5.46. The molecule has 3 heterocycles. The largest absolute Gasteiger partial charge is 0.453 e. The van der Waals surface area contributed by atoms with Gasteiger partial charge in [0.2, 0.25) is 5.82 Å². The summed E-state index contributed by atoms with van der Waals surface area (Å²) in [5.41, 5.74) is 3.02. The van der Waals surface area contributed by atoms with E-state index in [1.165, 1.54) is 4.68 Å². The lowest BCUT2D eigenvalue weighted by atomic mass is 10.2. The highest BCUT2D eigenvalue weighted by atomic mass is 35.5. The lowest BCUT2D eigenvalue weighted by molar-refractivity contribution is 0.548. The van der Waals surface area contributed by atoms with Crippen LogP contribution in [0.1, 0.15) is 31.9 Å². The van der Waals surface area contributed by atoms with Crippen molar-refractivity contribution >= 4 is 50.6 Å². The number of para-hydroxylation sites is 2. The van der Waals surface area contributed by atoms with E-state index < -0.39 is 0 Å². The molecule has 0 radical (unpaired) electrons. The predicted octanol–water partition coefficient (Wildman–Crippen LogP) is 7.27. The number of nitrogens with zero attached hydrogens (tertiary/aromatic N) is 4. The Labute approximate surface area is 212 Å². The molecule has 36 heavy (non-hydrogen) atoms. The van der Waals surface area contributed by atoms with Crippen LogP contribution < -0.4 is 5.56 Å². The average Bonchev–Trinajstić information content (AvgIpc) is 3.49. The lowest BCUT2D eigenvalue weighted by Gasteiger charge is -2.12. The molecule has 7 heteroatoms. The third-order valence-electron chi connectivity index (χ3n) is 6.60. The van der Waals surface area contributed by atoms with Gasteiger partial charge in [0.05, 0.1) is 17.1 Å². The topological polar surface area (TPSA) is 65.3 Å². The summed E-state index contributed by atoms with van der Waals surface area (Å²) in [7, 11) is 0. The third kappa shape index (κ3) is 3.71. The summed E-state index contributed by atoms with van der Waals surface area (Å²) >= 11 is 6.17. The highest BCUT2D eigenvalue weighted by molar-refractivity contribution is 6.31. The van der Waals surface area contributed by atoms with Crippen LogP contribution in [0, 0.1) is 0 Å². The maximum absolute atomic E-state index is 13.6. The van der Waals surface area contributed by atoms with E-state index in [0.29, 0.717) is 39.1 Å². The Balaban J connectivity index is 1.56. The van der Waals surface area contributed by atoms with Crippen LogP contribution >= 0.6 is 11.6 Å². The zero-order valence-corrected chi connectivity index (χ0v) is 20.6. The maximum Gasteiger partial charge on any atom is 0.282 e. The smallest absolute Gasteiger partial charge is 0.282 e. The number of aromatic nitrogens is 3. The minimum Gasteiger partial charge on any atom is -0.453 e. The number of furan rings is 1. The van der Waals surface area contributed by atoms with Crippen molar-refractivity contribution in [2.24, 2.45) is 5.10 Å². The summed E-state index contributed by atoms with van der Waals surface area (Å²) in [6.07, 6.45) is 4.82. The maximum atomic E-state index is 13.6. The fourth-order valence-electron chi connectivity index (χ4n) is 4.53. The van der Waals surface area contributed by atoms with Crippen LogP contribution in [-0.4, -0.2) is 20.4 Å². The van der Waals surface area contributed by atoms with Crippen molar-refractivity contribution < 1.29 is 4.42 Å². The molecule has 0 unspecified atom stereocenters. The van der Waals surface area contributed by atoms with Crippen LogP contribution in [0.3, 0.4) is 0 Å². The van der Waals surface area contributed by atoms with E-state index >= 15 is 0 Å². The van der Waals surface area contributed by atoms with Crippen LogP contribution in [0.5, 0.6) is 0 Å². The average molecular weight is 495 g/mol. The molecule has 0 aliphatic carbocycles. The summed E-state index contributed by atoms with van der Waals surface area (Å²) in [5, 5.41) is 7.65. The van der Waals surface area contributed by atoms with Crippen molar-refractivity contribution in [3.8, 4) is 11.6 Å². The first kappa shape index (κ1) is 22.3. The highest BCUT2D eigenvalue weighted by Gasteiger charge is 2.17. The van der Waals surface area contributed by atoms with Crippen LogP contribution in [0.2, 0.25) is 5.02 Å².